The maximum Gasteiger partial charge on any atom is 0.309 e. The zero-order valence-electron chi connectivity index (χ0n) is 15.8. The SMILES string of the molecule is O=C(NCCO)C(=O)NC[C@@H](c1ccco1)[NH+]1CCN(c2ccccc2)CC1. The number of amides is 2. The third-order valence-corrected chi connectivity index (χ3v) is 4.98. The number of carbonyl (C=O) groups is 2. The van der Waals surface area contributed by atoms with E-state index >= 15 is 0 Å². The van der Waals surface area contributed by atoms with Gasteiger partial charge in [0, 0.05) is 12.2 Å². The smallest absolute Gasteiger partial charge is 0.309 e. The molecule has 28 heavy (non-hydrogen) atoms. The number of quaternary nitrogens is 1. The molecular formula is C20H27N4O4+. The van der Waals surface area contributed by atoms with E-state index in [-0.39, 0.29) is 19.2 Å². The Kier molecular flexibility index (Phi) is 7.05. The molecule has 0 bridgehead atoms. The summed E-state index contributed by atoms with van der Waals surface area (Å²) in [4.78, 5) is 27.4. The minimum absolute atomic E-state index is 0.0561. The van der Waals surface area contributed by atoms with Crippen LogP contribution in [0.3, 0.4) is 0 Å². The van der Waals surface area contributed by atoms with Gasteiger partial charge >= 0.3 is 11.8 Å². The van der Waals surface area contributed by atoms with E-state index in [1.165, 1.54) is 10.6 Å². The predicted molar refractivity (Wildman–Crippen MR) is 104 cm³/mol. The third kappa shape index (κ3) is 5.11. The van der Waals surface area contributed by atoms with Crippen LogP contribution in [0.2, 0.25) is 0 Å². The number of aliphatic hydroxyl groups excluding tert-OH is 1. The molecule has 0 aliphatic carbocycles. The van der Waals surface area contributed by atoms with Crippen LogP contribution in [0.15, 0.2) is 53.1 Å². The number of hydrogen-bond acceptors (Lipinski definition) is 5. The van der Waals surface area contributed by atoms with E-state index in [1.54, 1.807) is 6.26 Å². The molecular weight excluding hydrogens is 360 g/mol. The van der Waals surface area contributed by atoms with Crippen molar-refractivity contribution in [3.63, 3.8) is 0 Å². The predicted octanol–water partition coefficient (Wildman–Crippen LogP) is -1.05. The van der Waals surface area contributed by atoms with E-state index in [2.05, 4.69) is 27.7 Å². The second kappa shape index (κ2) is 9.91. The quantitative estimate of drug-likeness (QED) is 0.455. The Balaban J connectivity index is 1.59. The maximum atomic E-state index is 12.0. The highest BCUT2D eigenvalue weighted by molar-refractivity contribution is 6.35. The molecule has 2 heterocycles. The minimum Gasteiger partial charge on any atom is -0.463 e. The highest BCUT2D eigenvalue weighted by Gasteiger charge is 2.31. The van der Waals surface area contributed by atoms with Gasteiger partial charge in [0.25, 0.3) is 0 Å². The van der Waals surface area contributed by atoms with Gasteiger partial charge in [0.05, 0.1) is 45.6 Å². The molecule has 1 fully saturated rings. The fourth-order valence-corrected chi connectivity index (χ4v) is 3.50. The van der Waals surface area contributed by atoms with Gasteiger partial charge < -0.3 is 30.0 Å². The van der Waals surface area contributed by atoms with Crippen LogP contribution in [0.4, 0.5) is 5.69 Å². The number of benzene rings is 1. The zero-order chi connectivity index (χ0) is 19.8. The molecule has 4 N–H and O–H groups in total. The third-order valence-electron chi connectivity index (χ3n) is 4.98. The van der Waals surface area contributed by atoms with Gasteiger partial charge in [-0.15, -0.1) is 0 Å². The molecule has 1 saturated heterocycles. The number of piperazine rings is 1. The van der Waals surface area contributed by atoms with Gasteiger partial charge in [0.2, 0.25) is 0 Å². The number of hydrogen-bond donors (Lipinski definition) is 4. The molecule has 0 radical (unpaired) electrons. The number of carbonyl (C=O) groups excluding carboxylic acids is 2. The second-order valence-corrected chi connectivity index (χ2v) is 6.74. The average molecular weight is 387 g/mol. The normalized spacial score (nSPS) is 15.8. The molecule has 1 aliphatic rings. The molecule has 2 aromatic rings. The topological polar surface area (TPSA) is 99.2 Å². The number of nitrogens with one attached hydrogen (secondary N) is 3. The zero-order valence-corrected chi connectivity index (χ0v) is 15.8. The average Bonchev–Trinajstić information content (AvgIpc) is 3.27. The summed E-state index contributed by atoms with van der Waals surface area (Å²) in [7, 11) is 0. The first-order valence-corrected chi connectivity index (χ1v) is 9.54. The Bertz CT molecular complexity index is 743. The van der Waals surface area contributed by atoms with E-state index in [1.807, 2.05) is 30.3 Å². The Hall–Kier alpha value is -2.84. The lowest BCUT2D eigenvalue weighted by Crippen LogP contribution is -3.15. The van der Waals surface area contributed by atoms with Crippen LogP contribution < -0.4 is 20.4 Å². The first kappa shape index (κ1) is 19.9. The summed E-state index contributed by atoms with van der Waals surface area (Å²) < 4.78 is 5.60. The van der Waals surface area contributed by atoms with Crippen molar-refractivity contribution in [1.82, 2.24) is 10.6 Å². The van der Waals surface area contributed by atoms with Crippen LogP contribution >= 0.6 is 0 Å². The van der Waals surface area contributed by atoms with Crippen LogP contribution in [0, 0.1) is 0 Å². The van der Waals surface area contributed by atoms with Crippen LogP contribution in [-0.2, 0) is 9.59 Å². The van der Waals surface area contributed by atoms with Crippen LogP contribution in [0.5, 0.6) is 0 Å². The minimum atomic E-state index is -0.740. The lowest BCUT2D eigenvalue weighted by atomic mass is 10.1. The van der Waals surface area contributed by atoms with Gasteiger partial charge in [-0.2, -0.15) is 0 Å². The van der Waals surface area contributed by atoms with Crippen LogP contribution in [0.1, 0.15) is 11.8 Å². The lowest BCUT2D eigenvalue weighted by Gasteiger charge is -2.37. The second-order valence-electron chi connectivity index (χ2n) is 6.74. The molecule has 1 aliphatic heterocycles. The standard InChI is InChI=1S/C20H26N4O4/c25-13-8-21-19(26)20(27)22-15-17(18-7-4-14-28-18)24-11-9-23(10-12-24)16-5-2-1-3-6-16/h1-7,14,17,25H,8-13,15H2,(H,21,26)(H,22,27)/p+1/t17-/m0/s1. The molecule has 1 aromatic heterocycles. The number of para-hydroxylation sites is 1. The van der Waals surface area contributed by atoms with Crippen molar-refractivity contribution in [2.45, 2.75) is 6.04 Å². The Morgan fingerprint density at radius 1 is 1.07 bits per heavy atom. The van der Waals surface area contributed by atoms with Crippen molar-refractivity contribution in [1.29, 1.82) is 0 Å². The van der Waals surface area contributed by atoms with Crippen LogP contribution in [-0.4, -0.2) is 62.8 Å². The fraction of sp³-hybridized carbons (Fsp3) is 0.400. The first-order valence-electron chi connectivity index (χ1n) is 9.54. The molecule has 150 valence electrons. The molecule has 1 aromatic carbocycles. The number of rotatable bonds is 7. The van der Waals surface area contributed by atoms with E-state index in [0.29, 0.717) is 6.54 Å². The number of furan rings is 1. The van der Waals surface area contributed by atoms with Crippen molar-refractivity contribution in [2.75, 3.05) is 50.8 Å². The van der Waals surface area contributed by atoms with Crippen molar-refractivity contribution in [3.8, 4) is 0 Å². The Morgan fingerprint density at radius 2 is 1.79 bits per heavy atom. The summed E-state index contributed by atoms with van der Waals surface area (Å²) in [5.41, 5.74) is 1.21. The van der Waals surface area contributed by atoms with Crippen molar-refractivity contribution < 1.29 is 24.0 Å². The van der Waals surface area contributed by atoms with Gasteiger partial charge in [0.15, 0.2) is 11.8 Å². The number of anilines is 1. The van der Waals surface area contributed by atoms with Gasteiger partial charge in [-0.1, -0.05) is 18.2 Å². The Labute approximate surface area is 164 Å². The van der Waals surface area contributed by atoms with E-state index in [4.69, 9.17) is 9.52 Å². The van der Waals surface area contributed by atoms with Gasteiger partial charge in [-0.3, -0.25) is 9.59 Å². The first-order chi connectivity index (χ1) is 13.7. The summed E-state index contributed by atoms with van der Waals surface area (Å²) in [5, 5.41) is 13.8. The molecule has 8 heteroatoms. The monoisotopic (exact) mass is 387 g/mol. The molecule has 0 saturated carbocycles. The summed E-state index contributed by atoms with van der Waals surface area (Å²) in [5.74, 6) is -0.650. The van der Waals surface area contributed by atoms with Crippen molar-refractivity contribution >= 4 is 17.5 Å². The lowest BCUT2D eigenvalue weighted by molar-refractivity contribution is -0.932. The van der Waals surface area contributed by atoms with Gasteiger partial charge in [0.1, 0.15) is 0 Å². The molecule has 8 nitrogen and oxygen atoms in total. The molecule has 1 atom stereocenters. The fourth-order valence-electron chi connectivity index (χ4n) is 3.50. The molecule has 2 amide bonds. The summed E-state index contributed by atoms with van der Waals surface area (Å²) >= 11 is 0. The van der Waals surface area contributed by atoms with Gasteiger partial charge in [-0.05, 0) is 24.3 Å². The van der Waals surface area contributed by atoms with Gasteiger partial charge in [-0.25, -0.2) is 0 Å². The van der Waals surface area contributed by atoms with E-state index in [0.717, 1.165) is 31.9 Å². The molecule has 0 unspecified atom stereocenters. The molecule has 0 spiro atoms. The summed E-state index contributed by atoms with van der Waals surface area (Å²) in [6.07, 6.45) is 1.62. The van der Waals surface area contributed by atoms with Crippen LogP contribution in [0.25, 0.3) is 0 Å². The number of aliphatic hydroxyl groups is 1. The van der Waals surface area contributed by atoms with E-state index < -0.39 is 11.8 Å². The summed E-state index contributed by atoms with van der Waals surface area (Å²) in [6, 6.07) is 14.0. The molecule has 3 rings (SSSR count). The van der Waals surface area contributed by atoms with Crippen molar-refractivity contribution in [3.05, 3.63) is 54.5 Å². The highest BCUT2D eigenvalue weighted by atomic mass is 16.3. The number of nitrogens with zero attached hydrogens (tertiary/aromatic N) is 1. The highest BCUT2D eigenvalue weighted by Crippen LogP contribution is 2.14. The van der Waals surface area contributed by atoms with Crippen molar-refractivity contribution in [2.24, 2.45) is 0 Å². The summed E-state index contributed by atoms with van der Waals surface area (Å²) in [6.45, 7) is 3.76. The maximum absolute atomic E-state index is 12.0. The van der Waals surface area contributed by atoms with E-state index in [9.17, 15) is 9.59 Å². The Morgan fingerprint density at radius 3 is 2.43 bits per heavy atom. The largest absolute Gasteiger partial charge is 0.463 e.